The maximum Gasteiger partial charge on any atom is 0.397 e. The smallest absolute Gasteiger partial charge is 0.355 e. The van der Waals surface area contributed by atoms with Crippen molar-refractivity contribution in [3.63, 3.8) is 0 Å². The number of carbonyl (C=O) groups excluding carboxylic acids is 1. The van der Waals surface area contributed by atoms with E-state index in [1.165, 1.54) is 18.2 Å². The van der Waals surface area contributed by atoms with Crippen molar-refractivity contribution in [1.82, 2.24) is 5.32 Å². The molecule has 0 saturated carbocycles. The van der Waals surface area contributed by atoms with Crippen molar-refractivity contribution >= 4 is 5.91 Å². The van der Waals surface area contributed by atoms with E-state index >= 15 is 0 Å². The quantitative estimate of drug-likeness (QED) is 0.816. The van der Waals surface area contributed by atoms with E-state index < -0.39 is 24.3 Å². The summed E-state index contributed by atoms with van der Waals surface area (Å²) in [5.74, 6) is -1.54. The fourth-order valence-corrected chi connectivity index (χ4v) is 1.28. The molecule has 0 radical (unpaired) electrons. The van der Waals surface area contributed by atoms with E-state index in [0.717, 1.165) is 0 Å². The van der Waals surface area contributed by atoms with Gasteiger partial charge in [0.25, 0.3) is 0 Å². The van der Waals surface area contributed by atoms with E-state index in [9.17, 15) is 22.4 Å². The van der Waals surface area contributed by atoms with Crippen LogP contribution < -0.4 is 5.32 Å². The van der Waals surface area contributed by atoms with Crippen LogP contribution in [0.1, 0.15) is 12.0 Å². The van der Waals surface area contributed by atoms with Crippen molar-refractivity contribution in [3.05, 3.63) is 35.6 Å². The Balaban J connectivity index is 2.34. The molecule has 0 unspecified atom stereocenters. The summed E-state index contributed by atoms with van der Waals surface area (Å²) >= 11 is 0. The summed E-state index contributed by atoms with van der Waals surface area (Å²) in [6.45, 7) is -0.0180. The van der Waals surface area contributed by atoms with Crippen molar-refractivity contribution in [2.75, 3.05) is 6.54 Å². The molecule has 0 bridgehead atoms. The first-order valence-electron chi connectivity index (χ1n) is 4.95. The van der Waals surface area contributed by atoms with Crippen LogP contribution >= 0.6 is 0 Å². The molecule has 1 aromatic carbocycles. The zero-order valence-electron chi connectivity index (χ0n) is 8.85. The van der Waals surface area contributed by atoms with Crippen LogP contribution in [0.2, 0.25) is 0 Å². The highest BCUT2D eigenvalue weighted by molar-refractivity contribution is 5.76. The fourth-order valence-electron chi connectivity index (χ4n) is 1.28. The molecule has 0 fully saturated rings. The fraction of sp³-hybridized carbons (Fsp3) is 0.364. The average Bonchev–Trinajstić information content (AvgIpc) is 2.18. The molecule has 6 heteroatoms. The number of carbonyl (C=O) groups is 1. The van der Waals surface area contributed by atoms with Gasteiger partial charge in [-0.25, -0.2) is 4.39 Å². The predicted molar refractivity (Wildman–Crippen MR) is 53.8 cm³/mol. The first-order valence-corrected chi connectivity index (χ1v) is 4.95. The second kappa shape index (κ2) is 5.65. The Kier molecular flexibility index (Phi) is 4.48. The molecule has 0 spiro atoms. The summed E-state index contributed by atoms with van der Waals surface area (Å²) in [6.07, 6.45) is -5.86. The normalized spacial score (nSPS) is 11.3. The molecule has 94 valence electrons. The van der Waals surface area contributed by atoms with Gasteiger partial charge in [-0.2, -0.15) is 13.2 Å². The lowest BCUT2D eigenvalue weighted by atomic mass is 10.1. The standard InChI is InChI=1S/C11H11F4NO/c12-9-4-2-1-3-8(9)5-6-16-10(17)7-11(13,14)15/h1-4H,5-7H2,(H,16,17). The second-order valence-corrected chi connectivity index (χ2v) is 3.48. The van der Waals surface area contributed by atoms with Crippen LogP contribution in [0.5, 0.6) is 0 Å². The number of amides is 1. The van der Waals surface area contributed by atoms with E-state index in [-0.39, 0.29) is 13.0 Å². The maximum atomic E-state index is 13.1. The van der Waals surface area contributed by atoms with E-state index in [4.69, 9.17) is 0 Å². The molecule has 0 aliphatic heterocycles. The van der Waals surface area contributed by atoms with Crippen molar-refractivity contribution < 1.29 is 22.4 Å². The van der Waals surface area contributed by atoms with Gasteiger partial charge in [-0.05, 0) is 18.1 Å². The zero-order chi connectivity index (χ0) is 12.9. The van der Waals surface area contributed by atoms with Gasteiger partial charge >= 0.3 is 6.18 Å². The van der Waals surface area contributed by atoms with Crippen LogP contribution in [0.4, 0.5) is 17.6 Å². The average molecular weight is 249 g/mol. The number of hydrogen-bond donors (Lipinski definition) is 1. The Hall–Kier alpha value is -1.59. The highest BCUT2D eigenvalue weighted by Crippen LogP contribution is 2.18. The topological polar surface area (TPSA) is 29.1 Å². The minimum Gasteiger partial charge on any atom is -0.355 e. The van der Waals surface area contributed by atoms with Gasteiger partial charge in [0.05, 0.1) is 0 Å². The molecule has 0 heterocycles. The molecular formula is C11H11F4NO. The SMILES string of the molecule is O=C(CC(F)(F)F)NCCc1ccccc1F. The van der Waals surface area contributed by atoms with Gasteiger partial charge in [-0.1, -0.05) is 18.2 Å². The molecule has 2 nitrogen and oxygen atoms in total. The number of hydrogen-bond acceptors (Lipinski definition) is 1. The van der Waals surface area contributed by atoms with E-state index in [0.29, 0.717) is 5.56 Å². The zero-order valence-corrected chi connectivity index (χ0v) is 8.85. The number of alkyl halides is 3. The number of rotatable bonds is 4. The Labute approximate surface area is 95.6 Å². The molecule has 1 aromatic rings. The highest BCUT2D eigenvalue weighted by atomic mass is 19.4. The lowest BCUT2D eigenvalue weighted by molar-refractivity contribution is -0.153. The minimum absolute atomic E-state index is 0.0180. The molecule has 0 aliphatic rings. The molecule has 0 aliphatic carbocycles. The number of nitrogens with one attached hydrogen (secondary N) is 1. The number of benzene rings is 1. The van der Waals surface area contributed by atoms with Crippen molar-refractivity contribution in [1.29, 1.82) is 0 Å². The molecule has 0 saturated heterocycles. The van der Waals surface area contributed by atoms with Gasteiger partial charge in [0.2, 0.25) is 5.91 Å². The summed E-state index contributed by atoms with van der Waals surface area (Å²) in [5.41, 5.74) is 0.361. The third-order valence-corrected chi connectivity index (χ3v) is 2.04. The van der Waals surface area contributed by atoms with Crippen molar-refractivity contribution in [2.45, 2.75) is 19.0 Å². The Morgan fingerprint density at radius 2 is 1.88 bits per heavy atom. The van der Waals surface area contributed by atoms with Crippen LogP contribution in [0.15, 0.2) is 24.3 Å². The van der Waals surface area contributed by atoms with Gasteiger partial charge in [-0.15, -0.1) is 0 Å². The van der Waals surface area contributed by atoms with Crippen LogP contribution in [0, 0.1) is 5.82 Å². The predicted octanol–water partition coefficient (Wildman–Crippen LogP) is 2.44. The lowest BCUT2D eigenvalue weighted by Gasteiger charge is -2.08. The Morgan fingerprint density at radius 3 is 2.47 bits per heavy atom. The van der Waals surface area contributed by atoms with Gasteiger partial charge in [-0.3, -0.25) is 4.79 Å². The van der Waals surface area contributed by atoms with Crippen LogP contribution in [0.3, 0.4) is 0 Å². The van der Waals surface area contributed by atoms with Gasteiger partial charge in [0.15, 0.2) is 0 Å². The highest BCUT2D eigenvalue weighted by Gasteiger charge is 2.30. The van der Waals surface area contributed by atoms with E-state index in [2.05, 4.69) is 5.32 Å². The summed E-state index contributed by atoms with van der Waals surface area (Å²) in [7, 11) is 0. The molecule has 0 aromatic heterocycles. The van der Waals surface area contributed by atoms with E-state index in [1.807, 2.05) is 0 Å². The summed E-state index contributed by atoms with van der Waals surface area (Å²) in [4.78, 5) is 10.8. The monoisotopic (exact) mass is 249 g/mol. The molecule has 1 N–H and O–H groups in total. The first-order chi connectivity index (χ1) is 7.88. The van der Waals surface area contributed by atoms with Gasteiger partial charge < -0.3 is 5.32 Å². The summed E-state index contributed by atoms with van der Waals surface area (Å²) in [6, 6.07) is 5.91. The third kappa shape index (κ3) is 5.33. The van der Waals surface area contributed by atoms with Crippen LogP contribution in [-0.2, 0) is 11.2 Å². The van der Waals surface area contributed by atoms with Crippen LogP contribution in [0.25, 0.3) is 0 Å². The largest absolute Gasteiger partial charge is 0.397 e. The van der Waals surface area contributed by atoms with E-state index in [1.54, 1.807) is 6.07 Å². The molecular weight excluding hydrogens is 238 g/mol. The first kappa shape index (κ1) is 13.5. The maximum absolute atomic E-state index is 13.1. The van der Waals surface area contributed by atoms with Crippen LogP contribution in [-0.4, -0.2) is 18.6 Å². The summed E-state index contributed by atoms with van der Waals surface area (Å²) in [5, 5.41) is 2.09. The summed E-state index contributed by atoms with van der Waals surface area (Å²) < 4.78 is 48.5. The van der Waals surface area contributed by atoms with Gasteiger partial charge in [0.1, 0.15) is 12.2 Å². The van der Waals surface area contributed by atoms with Gasteiger partial charge in [0, 0.05) is 6.54 Å². The molecule has 1 rings (SSSR count). The Morgan fingerprint density at radius 1 is 1.24 bits per heavy atom. The second-order valence-electron chi connectivity index (χ2n) is 3.48. The lowest BCUT2D eigenvalue weighted by Crippen LogP contribution is -2.30. The van der Waals surface area contributed by atoms with Crippen molar-refractivity contribution in [2.24, 2.45) is 0 Å². The van der Waals surface area contributed by atoms with Crippen molar-refractivity contribution in [3.8, 4) is 0 Å². The number of halogens is 4. The molecule has 0 atom stereocenters. The third-order valence-electron chi connectivity index (χ3n) is 2.04. The molecule has 17 heavy (non-hydrogen) atoms. The Bertz CT molecular complexity index is 389. The molecule has 1 amide bonds. The minimum atomic E-state index is -4.51.